The number of hydrogen-bond acceptors (Lipinski definition) is 5. The number of anilines is 1. The lowest BCUT2D eigenvalue weighted by Crippen LogP contribution is -2.40. The van der Waals surface area contributed by atoms with Crippen molar-refractivity contribution in [1.29, 1.82) is 0 Å². The SMILES string of the molecule is CCC(C)c1nc(N2CCSCC2C)sc1CN. The molecule has 0 spiro atoms. The minimum atomic E-state index is 0.517. The number of thioether (sulfide) groups is 1. The number of aromatic nitrogens is 1. The molecule has 1 aliphatic rings. The minimum absolute atomic E-state index is 0.517. The van der Waals surface area contributed by atoms with Gasteiger partial charge in [-0.2, -0.15) is 11.8 Å². The first-order chi connectivity index (χ1) is 8.67. The first-order valence-electron chi connectivity index (χ1n) is 6.71. The van der Waals surface area contributed by atoms with Crippen molar-refractivity contribution in [3.8, 4) is 0 Å². The molecule has 0 aromatic carbocycles. The van der Waals surface area contributed by atoms with Gasteiger partial charge in [-0.25, -0.2) is 4.98 Å². The van der Waals surface area contributed by atoms with Gasteiger partial charge in [-0.3, -0.25) is 0 Å². The second-order valence-corrected chi connectivity index (χ2v) is 7.15. The topological polar surface area (TPSA) is 42.2 Å². The maximum absolute atomic E-state index is 5.87. The molecule has 0 saturated carbocycles. The Morgan fingerprint density at radius 1 is 1.56 bits per heavy atom. The number of rotatable bonds is 4. The summed E-state index contributed by atoms with van der Waals surface area (Å²) in [5.74, 6) is 2.93. The molecule has 18 heavy (non-hydrogen) atoms. The van der Waals surface area contributed by atoms with E-state index < -0.39 is 0 Å². The third kappa shape index (κ3) is 2.83. The van der Waals surface area contributed by atoms with Crippen molar-refractivity contribution in [2.24, 2.45) is 5.73 Å². The van der Waals surface area contributed by atoms with Gasteiger partial charge in [-0.15, -0.1) is 11.3 Å². The van der Waals surface area contributed by atoms with Crippen LogP contribution < -0.4 is 10.6 Å². The highest BCUT2D eigenvalue weighted by atomic mass is 32.2. The molecule has 2 atom stereocenters. The number of nitrogens with zero attached hydrogens (tertiary/aromatic N) is 2. The van der Waals surface area contributed by atoms with Gasteiger partial charge in [0, 0.05) is 35.5 Å². The Kier molecular flexibility index (Phi) is 4.92. The molecule has 0 aliphatic carbocycles. The van der Waals surface area contributed by atoms with Crippen LogP contribution in [0, 0.1) is 0 Å². The minimum Gasteiger partial charge on any atom is -0.344 e. The molecule has 0 bridgehead atoms. The van der Waals surface area contributed by atoms with Gasteiger partial charge in [0.15, 0.2) is 5.13 Å². The third-order valence-corrected chi connectivity index (χ3v) is 5.91. The van der Waals surface area contributed by atoms with E-state index in [-0.39, 0.29) is 0 Å². The van der Waals surface area contributed by atoms with Crippen LogP contribution >= 0.6 is 23.1 Å². The number of hydrogen-bond donors (Lipinski definition) is 1. The van der Waals surface area contributed by atoms with Crippen molar-refractivity contribution >= 4 is 28.2 Å². The summed E-state index contributed by atoms with van der Waals surface area (Å²) in [6.45, 7) is 8.48. The maximum Gasteiger partial charge on any atom is 0.186 e. The molecule has 1 aliphatic heterocycles. The van der Waals surface area contributed by atoms with Crippen LogP contribution in [-0.2, 0) is 6.54 Å². The van der Waals surface area contributed by atoms with Gasteiger partial charge in [0.05, 0.1) is 5.69 Å². The first kappa shape index (κ1) is 14.2. The summed E-state index contributed by atoms with van der Waals surface area (Å²) in [7, 11) is 0. The summed E-state index contributed by atoms with van der Waals surface area (Å²) in [6.07, 6.45) is 1.13. The molecule has 5 heteroatoms. The van der Waals surface area contributed by atoms with Gasteiger partial charge in [0.2, 0.25) is 0 Å². The highest BCUT2D eigenvalue weighted by Crippen LogP contribution is 2.34. The van der Waals surface area contributed by atoms with Crippen molar-refractivity contribution in [2.45, 2.75) is 45.7 Å². The molecule has 0 radical (unpaired) electrons. The molecule has 3 nitrogen and oxygen atoms in total. The van der Waals surface area contributed by atoms with E-state index in [1.807, 2.05) is 11.8 Å². The van der Waals surface area contributed by atoms with E-state index in [0.717, 1.165) is 13.0 Å². The van der Waals surface area contributed by atoms with Crippen molar-refractivity contribution in [3.05, 3.63) is 10.6 Å². The molecular weight excluding hydrogens is 262 g/mol. The van der Waals surface area contributed by atoms with E-state index in [1.165, 1.54) is 27.2 Å². The molecule has 1 aromatic rings. The monoisotopic (exact) mass is 285 g/mol. The molecule has 2 unspecified atom stereocenters. The molecule has 1 fully saturated rings. The second kappa shape index (κ2) is 6.26. The average molecular weight is 285 g/mol. The van der Waals surface area contributed by atoms with E-state index in [2.05, 4.69) is 25.7 Å². The van der Waals surface area contributed by atoms with Gasteiger partial charge in [0.25, 0.3) is 0 Å². The summed E-state index contributed by atoms with van der Waals surface area (Å²) in [5, 5.41) is 1.18. The van der Waals surface area contributed by atoms with E-state index in [0.29, 0.717) is 18.5 Å². The van der Waals surface area contributed by atoms with Crippen molar-refractivity contribution in [3.63, 3.8) is 0 Å². The Bertz CT molecular complexity index is 392. The smallest absolute Gasteiger partial charge is 0.186 e. The van der Waals surface area contributed by atoms with Crippen molar-refractivity contribution in [2.75, 3.05) is 23.0 Å². The summed E-state index contributed by atoms with van der Waals surface area (Å²) in [4.78, 5) is 8.60. The second-order valence-electron chi connectivity index (χ2n) is 4.94. The third-order valence-electron chi connectivity index (χ3n) is 3.59. The lowest BCUT2D eigenvalue weighted by atomic mass is 10.0. The largest absolute Gasteiger partial charge is 0.344 e. The lowest BCUT2D eigenvalue weighted by molar-refractivity contribution is 0.679. The Balaban J connectivity index is 2.25. The average Bonchev–Trinajstić information content (AvgIpc) is 2.82. The van der Waals surface area contributed by atoms with Crippen LogP contribution in [0.25, 0.3) is 0 Å². The fourth-order valence-electron chi connectivity index (χ4n) is 2.21. The van der Waals surface area contributed by atoms with Crippen LogP contribution in [0.4, 0.5) is 5.13 Å². The first-order valence-corrected chi connectivity index (χ1v) is 8.68. The zero-order chi connectivity index (χ0) is 13.1. The quantitative estimate of drug-likeness (QED) is 0.923. The van der Waals surface area contributed by atoms with Crippen LogP contribution in [0.3, 0.4) is 0 Å². The maximum atomic E-state index is 5.87. The van der Waals surface area contributed by atoms with Crippen LogP contribution in [0.5, 0.6) is 0 Å². The fourth-order valence-corrected chi connectivity index (χ4v) is 4.41. The van der Waals surface area contributed by atoms with Crippen LogP contribution in [-0.4, -0.2) is 29.1 Å². The van der Waals surface area contributed by atoms with Gasteiger partial charge in [0.1, 0.15) is 0 Å². The molecule has 1 aromatic heterocycles. The van der Waals surface area contributed by atoms with Gasteiger partial charge in [-0.1, -0.05) is 13.8 Å². The Hall–Kier alpha value is -0.260. The highest BCUT2D eigenvalue weighted by molar-refractivity contribution is 7.99. The Morgan fingerprint density at radius 2 is 2.33 bits per heavy atom. The van der Waals surface area contributed by atoms with Crippen molar-refractivity contribution in [1.82, 2.24) is 4.98 Å². The predicted molar refractivity (Wildman–Crippen MR) is 82.8 cm³/mol. The predicted octanol–water partition coefficient (Wildman–Crippen LogP) is 3.06. The zero-order valence-corrected chi connectivity index (χ0v) is 13.1. The number of nitrogens with two attached hydrogens (primary N) is 1. The van der Waals surface area contributed by atoms with Crippen LogP contribution in [0.2, 0.25) is 0 Å². The summed E-state index contributed by atoms with van der Waals surface area (Å²) >= 11 is 3.83. The van der Waals surface area contributed by atoms with Gasteiger partial charge < -0.3 is 10.6 Å². The van der Waals surface area contributed by atoms with Gasteiger partial charge >= 0.3 is 0 Å². The molecular formula is C13H23N3S2. The highest BCUT2D eigenvalue weighted by Gasteiger charge is 2.24. The van der Waals surface area contributed by atoms with E-state index >= 15 is 0 Å². The number of thiazole rings is 1. The van der Waals surface area contributed by atoms with E-state index in [4.69, 9.17) is 10.7 Å². The molecule has 2 N–H and O–H groups in total. The Morgan fingerprint density at radius 3 is 2.94 bits per heavy atom. The molecule has 0 amide bonds. The van der Waals surface area contributed by atoms with Crippen LogP contribution in [0.15, 0.2) is 0 Å². The van der Waals surface area contributed by atoms with Crippen LogP contribution in [0.1, 0.15) is 43.7 Å². The van der Waals surface area contributed by atoms with E-state index in [9.17, 15) is 0 Å². The summed E-state index contributed by atoms with van der Waals surface area (Å²) in [5.41, 5.74) is 7.10. The van der Waals surface area contributed by atoms with Gasteiger partial charge in [-0.05, 0) is 19.3 Å². The molecule has 102 valence electrons. The van der Waals surface area contributed by atoms with Crippen molar-refractivity contribution < 1.29 is 0 Å². The molecule has 2 heterocycles. The molecule has 1 saturated heterocycles. The summed E-state index contributed by atoms with van der Waals surface area (Å²) in [6, 6.07) is 0.588. The summed E-state index contributed by atoms with van der Waals surface area (Å²) < 4.78 is 0. The van der Waals surface area contributed by atoms with E-state index in [1.54, 1.807) is 11.3 Å². The fraction of sp³-hybridized carbons (Fsp3) is 0.769. The standard InChI is InChI=1S/C13H23N3S2/c1-4-9(2)12-11(7-14)18-13(15-12)16-5-6-17-8-10(16)3/h9-10H,4-8,14H2,1-3H3. The molecule has 2 rings (SSSR count). The zero-order valence-electron chi connectivity index (χ0n) is 11.5. The normalized spacial score (nSPS) is 22.2. The lowest BCUT2D eigenvalue weighted by Gasteiger charge is -2.32. The Labute approximate surface area is 118 Å².